The summed E-state index contributed by atoms with van der Waals surface area (Å²) in [6.45, 7) is 3.97. The van der Waals surface area contributed by atoms with Gasteiger partial charge in [0, 0.05) is 11.8 Å². The maximum atomic E-state index is 11.8. The van der Waals surface area contributed by atoms with Crippen molar-refractivity contribution < 1.29 is 9.53 Å². The summed E-state index contributed by atoms with van der Waals surface area (Å²) in [5.74, 6) is 0.884. The van der Waals surface area contributed by atoms with E-state index in [9.17, 15) is 4.79 Å². The molecule has 94 valence electrons. The van der Waals surface area contributed by atoms with Crippen LogP contribution in [0.15, 0.2) is 22.7 Å². The van der Waals surface area contributed by atoms with Crippen LogP contribution in [0.5, 0.6) is 5.75 Å². The lowest BCUT2D eigenvalue weighted by Crippen LogP contribution is -2.26. The standard InChI is InChI=1S/C12H15Br2NO2/c1-7(2)11(14)12(16)15-8-4-5-9(13)10(6-8)17-3/h4-7,11H,1-3H3,(H,15,16). The van der Waals surface area contributed by atoms with E-state index in [-0.39, 0.29) is 16.7 Å². The molecule has 0 fully saturated rings. The molecule has 1 aromatic rings. The monoisotopic (exact) mass is 363 g/mol. The zero-order chi connectivity index (χ0) is 13.0. The van der Waals surface area contributed by atoms with Gasteiger partial charge in [-0.1, -0.05) is 29.8 Å². The van der Waals surface area contributed by atoms with Crippen molar-refractivity contribution in [2.24, 2.45) is 5.92 Å². The molecule has 1 aromatic carbocycles. The maximum Gasteiger partial charge on any atom is 0.238 e. The van der Waals surface area contributed by atoms with E-state index < -0.39 is 0 Å². The topological polar surface area (TPSA) is 38.3 Å². The average Bonchev–Trinajstić information content (AvgIpc) is 2.30. The van der Waals surface area contributed by atoms with Crippen LogP contribution in [0, 0.1) is 5.92 Å². The van der Waals surface area contributed by atoms with E-state index in [1.807, 2.05) is 26.0 Å². The van der Waals surface area contributed by atoms with Crippen LogP contribution in [0.1, 0.15) is 13.8 Å². The molecular formula is C12H15Br2NO2. The van der Waals surface area contributed by atoms with Crippen molar-refractivity contribution in [2.75, 3.05) is 12.4 Å². The number of benzene rings is 1. The van der Waals surface area contributed by atoms with Crippen molar-refractivity contribution in [3.8, 4) is 5.75 Å². The molecule has 0 spiro atoms. The minimum Gasteiger partial charge on any atom is -0.495 e. The third kappa shape index (κ3) is 4.00. The summed E-state index contributed by atoms with van der Waals surface area (Å²) in [6, 6.07) is 5.44. The predicted octanol–water partition coefficient (Wildman–Crippen LogP) is 3.82. The lowest BCUT2D eigenvalue weighted by molar-refractivity contribution is -0.116. The molecule has 1 atom stereocenters. The zero-order valence-corrected chi connectivity index (χ0v) is 13.1. The number of amides is 1. The van der Waals surface area contributed by atoms with Crippen LogP contribution in [-0.2, 0) is 4.79 Å². The number of alkyl halides is 1. The first-order chi connectivity index (χ1) is 7.95. The van der Waals surface area contributed by atoms with Crippen molar-refractivity contribution in [1.29, 1.82) is 0 Å². The first-order valence-corrected chi connectivity index (χ1v) is 6.95. The zero-order valence-electron chi connectivity index (χ0n) is 9.96. The Hall–Kier alpha value is -0.550. The van der Waals surface area contributed by atoms with Crippen molar-refractivity contribution in [3.63, 3.8) is 0 Å². The Morgan fingerprint density at radius 1 is 1.41 bits per heavy atom. The number of nitrogens with one attached hydrogen (secondary N) is 1. The van der Waals surface area contributed by atoms with Crippen LogP contribution in [0.2, 0.25) is 0 Å². The second-order valence-corrected chi connectivity index (χ2v) is 5.83. The van der Waals surface area contributed by atoms with Gasteiger partial charge >= 0.3 is 0 Å². The number of carbonyl (C=O) groups is 1. The number of ether oxygens (including phenoxy) is 1. The number of halogens is 2. The summed E-state index contributed by atoms with van der Waals surface area (Å²) in [7, 11) is 1.59. The molecule has 0 aliphatic rings. The Labute approximate surface area is 118 Å². The van der Waals surface area contributed by atoms with E-state index in [2.05, 4.69) is 37.2 Å². The maximum absolute atomic E-state index is 11.8. The van der Waals surface area contributed by atoms with Crippen LogP contribution in [0.25, 0.3) is 0 Å². The normalized spacial score (nSPS) is 12.4. The van der Waals surface area contributed by atoms with Gasteiger partial charge in [-0.3, -0.25) is 4.79 Å². The van der Waals surface area contributed by atoms with Crippen LogP contribution in [0.3, 0.4) is 0 Å². The molecule has 1 rings (SSSR count). The van der Waals surface area contributed by atoms with Gasteiger partial charge in [-0.25, -0.2) is 0 Å². The number of hydrogen-bond donors (Lipinski definition) is 1. The van der Waals surface area contributed by atoms with E-state index >= 15 is 0 Å². The van der Waals surface area contributed by atoms with Gasteiger partial charge in [0.1, 0.15) is 5.75 Å². The number of rotatable bonds is 4. The summed E-state index contributed by atoms with van der Waals surface area (Å²) in [5.41, 5.74) is 0.722. The Kier molecular flexibility index (Phi) is 5.46. The molecule has 0 bridgehead atoms. The summed E-state index contributed by atoms with van der Waals surface area (Å²) in [5, 5.41) is 2.84. The number of anilines is 1. The van der Waals surface area contributed by atoms with Gasteiger partial charge in [0.15, 0.2) is 0 Å². The van der Waals surface area contributed by atoms with Gasteiger partial charge in [0.25, 0.3) is 0 Å². The van der Waals surface area contributed by atoms with Crippen molar-refractivity contribution in [3.05, 3.63) is 22.7 Å². The molecule has 0 aliphatic heterocycles. The molecule has 0 saturated heterocycles. The average molecular weight is 365 g/mol. The molecule has 0 aromatic heterocycles. The Bertz CT molecular complexity index is 407. The lowest BCUT2D eigenvalue weighted by Gasteiger charge is -2.14. The highest BCUT2D eigenvalue weighted by molar-refractivity contribution is 9.10. The van der Waals surface area contributed by atoms with Gasteiger partial charge in [0.2, 0.25) is 5.91 Å². The van der Waals surface area contributed by atoms with E-state index in [1.54, 1.807) is 13.2 Å². The highest BCUT2D eigenvalue weighted by Gasteiger charge is 2.18. The van der Waals surface area contributed by atoms with Crippen LogP contribution < -0.4 is 10.1 Å². The van der Waals surface area contributed by atoms with Gasteiger partial charge < -0.3 is 10.1 Å². The number of hydrogen-bond acceptors (Lipinski definition) is 2. The van der Waals surface area contributed by atoms with Gasteiger partial charge in [-0.2, -0.15) is 0 Å². The van der Waals surface area contributed by atoms with Crippen molar-refractivity contribution in [2.45, 2.75) is 18.7 Å². The number of methoxy groups -OCH3 is 1. The minimum absolute atomic E-state index is 0.0515. The van der Waals surface area contributed by atoms with Crippen molar-refractivity contribution >= 4 is 43.5 Å². The van der Waals surface area contributed by atoms with Gasteiger partial charge in [-0.15, -0.1) is 0 Å². The summed E-state index contributed by atoms with van der Waals surface area (Å²) < 4.78 is 6.02. The molecule has 5 heteroatoms. The molecule has 3 nitrogen and oxygen atoms in total. The molecule has 1 N–H and O–H groups in total. The smallest absolute Gasteiger partial charge is 0.238 e. The summed E-state index contributed by atoms with van der Waals surface area (Å²) in [4.78, 5) is 11.6. The highest BCUT2D eigenvalue weighted by atomic mass is 79.9. The Morgan fingerprint density at radius 2 is 2.06 bits per heavy atom. The highest BCUT2D eigenvalue weighted by Crippen LogP contribution is 2.28. The fourth-order valence-electron chi connectivity index (χ4n) is 1.25. The molecule has 0 radical (unpaired) electrons. The molecule has 1 unspecified atom stereocenters. The van der Waals surface area contributed by atoms with Crippen LogP contribution in [0.4, 0.5) is 5.69 Å². The van der Waals surface area contributed by atoms with E-state index in [0.29, 0.717) is 5.75 Å². The van der Waals surface area contributed by atoms with Gasteiger partial charge in [0.05, 0.1) is 16.4 Å². The van der Waals surface area contributed by atoms with Crippen LogP contribution >= 0.6 is 31.9 Å². The second kappa shape index (κ2) is 6.40. The first kappa shape index (κ1) is 14.5. The molecule has 1 amide bonds. The molecule has 0 heterocycles. The molecule has 17 heavy (non-hydrogen) atoms. The van der Waals surface area contributed by atoms with Crippen molar-refractivity contribution in [1.82, 2.24) is 0 Å². The third-order valence-electron chi connectivity index (χ3n) is 2.25. The van der Waals surface area contributed by atoms with E-state index in [4.69, 9.17) is 4.74 Å². The Balaban J connectivity index is 2.78. The molecule has 0 saturated carbocycles. The van der Waals surface area contributed by atoms with E-state index in [1.165, 1.54) is 0 Å². The first-order valence-electron chi connectivity index (χ1n) is 5.24. The largest absolute Gasteiger partial charge is 0.495 e. The molecule has 0 aliphatic carbocycles. The fourth-order valence-corrected chi connectivity index (χ4v) is 1.77. The summed E-state index contributed by atoms with van der Waals surface area (Å²) >= 11 is 6.72. The Morgan fingerprint density at radius 3 is 2.59 bits per heavy atom. The SMILES string of the molecule is COc1cc(NC(=O)C(Br)C(C)C)ccc1Br. The third-order valence-corrected chi connectivity index (χ3v) is 4.38. The van der Waals surface area contributed by atoms with Gasteiger partial charge in [-0.05, 0) is 34.0 Å². The van der Waals surface area contributed by atoms with E-state index in [0.717, 1.165) is 10.2 Å². The molecular weight excluding hydrogens is 350 g/mol. The fraction of sp³-hybridized carbons (Fsp3) is 0.417. The van der Waals surface area contributed by atoms with Crippen LogP contribution in [-0.4, -0.2) is 17.8 Å². The predicted molar refractivity (Wildman–Crippen MR) is 76.9 cm³/mol. The summed E-state index contributed by atoms with van der Waals surface area (Å²) in [6.07, 6.45) is 0. The second-order valence-electron chi connectivity index (χ2n) is 3.98. The minimum atomic E-state index is -0.197. The lowest BCUT2D eigenvalue weighted by atomic mass is 10.1. The number of carbonyl (C=O) groups excluding carboxylic acids is 1. The quantitative estimate of drug-likeness (QED) is 0.825.